The van der Waals surface area contributed by atoms with E-state index >= 15 is 0 Å². The van der Waals surface area contributed by atoms with E-state index < -0.39 is 38.8 Å². The highest BCUT2D eigenvalue weighted by atomic mass is 32.2. The second-order valence-corrected chi connectivity index (χ2v) is 8.15. The Morgan fingerprint density at radius 1 is 1.18 bits per heavy atom. The molecule has 10 heteroatoms. The number of hydrogen-bond donors (Lipinski definition) is 1. The minimum Gasteiger partial charge on any atom is -0.348 e. The Hall–Kier alpha value is -3.01. The van der Waals surface area contributed by atoms with Crippen LogP contribution in [0.25, 0.3) is 0 Å². The van der Waals surface area contributed by atoms with Crippen LogP contribution in [0.5, 0.6) is 0 Å². The summed E-state index contributed by atoms with van der Waals surface area (Å²) < 4.78 is 38.4. The molecular weight excluding hydrogens is 389 g/mol. The molecule has 0 aliphatic carbocycles. The van der Waals surface area contributed by atoms with Crippen LogP contribution in [0, 0.1) is 15.9 Å². The van der Waals surface area contributed by atoms with Crippen molar-refractivity contribution in [2.45, 2.75) is 25.9 Å². The van der Waals surface area contributed by atoms with Crippen LogP contribution in [0.15, 0.2) is 48.5 Å². The standard InChI is InChI=1S/C18H20FN3O5S/c1-12(14-7-9-15(19)10-8-14)20-18(23)13(2)21(28(3,26)27)16-5-4-6-17(11-16)22(24)25/h4-13H,1-3H3,(H,20,23)/t12-,13+/m0/s1. The topological polar surface area (TPSA) is 110 Å². The van der Waals surface area contributed by atoms with Gasteiger partial charge in [-0.25, -0.2) is 12.8 Å². The number of carbonyl (C=O) groups excluding carboxylic acids is 1. The molecule has 0 bridgehead atoms. The van der Waals surface area contributed by atoms with Crippen molar-refractivity contribution in [3.05, 3.63) is 70.0 Å². The van der Waals surface area contributed by atoms with Crippen LogP contribution < -0.4 is 9.62 Å². The normalized spacial score (nSPS) is 13.4. The monoisotopic (exact) mass is 409 g/mol. The Morgan fingerprint density at radius 3 is 2.32 bits per heavy atom. The number of anilines is 1. The van der Waals surface area contributed by atoms with Crippen LogP contribution in [0.1, 0.15) is 25.5 Å². The summed E-state index contributed by atoms with van der Waals surface area (Å²) in [4.78, 5) is 23.0. The number of nitro benzene ring substituents is 1. The van der Waals surface area contributed by atoms with Gasteiger partial charge in [0.25, 0.3) is 5.69 Å². The van der Waals surface area contributed by atoms with Gasteiger partial charge < -0.3 is 5.32 Å². The fourth-order valence-corrected chi connectivity index (χ4v) is 3.89. The van der Waals surface area contributed by atoms with Crippen LogP contribution >= 0.6 is 0 Å². The average Bonchev–Trinajstić information content (AvgIpc) is 2.61. The lowest BCUT2D eigenvalue weighted by molar-refractivity contribution is -0.384. The largest absolute Gasteiger partial charge is 0.348 e. The molecule has 0 aromatic heterocycles. The van der Waals surface area contributed by atoms with E-state index in [0.29, 0.717) is 5.56 Å². The van der Waals surface area contributed by atoms with Gasteiger partial charge in [0.1, 0.15) is 11.9 Å². The van der Waals surface area contributed by atoms with Gasteiger partial charge in [0, 0.05) is 12.1 Å². The first kappa shape index (κ1) is 21.3. The molecule has 0 unspecified atom stereocenters. The third kappa shape index (κ3) is 5.03. The van der Waals surface area contributed by atoms with Gasteiger partial charge in [-0.15, -0.1) is 0 Å². The molecule has 1 N–H and O–H groups in total. The molecule has 0 aliphatic rings. The Kier molecular flexibility index (Phi) is 6.34. The highest BCUT2D eigenvalue weighted by molar-refractivity contribution is 7.92. The molecule has 0 fully saturated rings. The summed E-state index contributed by atoms with van der Waals surface area (Å²) in [7, 11) is -3.91. The fourth-order valence-electron chi connectivity index (χ4n) is 2.72. The number of halogens is 1. The summed E-state index contributed by atoms with van der Waals surface area (Å²) in [5.74, 6) is -1.02. The minimum atomic E-state index is -3.91. The molecule has 28 heavy (non-hydrogen) atoms. The predicted octanol–water partition coefficient (Wildman–Crippen LogP) is 2.77. The van der Waals surface area contributed by atoms with Crippen molar-refractivity contribution in [2.75, 3.05) is 10.6 Å². The summed E-state index contributed by atoms with van der Waals surface area (Å²) in [6.45, 7) is 3.06. The molecule has 2 atom stereocenters. The van der Waals surface area contributed by atoms with Crippen molar-refractivity contribution in [1.82, 2.24) is 5.32 Å². The number of nitrogens with one attached hydrogen (secondary N) is 1. The molecule has 2 rings (SSSR count). The van der Waals surface area contributed by atoms with E-state index in [2.05, 4.69) is 5.32 Å². The smallest absolute Gasteiger partial charge is 0.271 e. The third-order valence-corrected chi connectivity index (χ3v) is 5.35. The summed E-state index contributed by atoms with van der Waals surface area (Å²) in [6, 6.07) is 8.92. The summed E-state index contributed by atoms with van der Waals surface area (Å²) in [6.07, 6.45) is 0.916. The summed E-state index contributed by atoms with van der Waals surface area (Å²) in [5.41, 5.74) is 0.357. The van der Waals surface area contributed by atoms with E-state index in [0.717, 1.165) is 16.6 Å². The van der Waals surface area contributed by atoms with Gasteiger partial charge >= 0.3 is 0 Å². The molecule has 1 amide bonds. The first-order valence-corrected chi connectivity index (χ1v) is 10.1. The van der Waals surface area contributed by atoms with E-state index in [-0.39, 0.29) is 11.4 Å². The average molecular weight is 409 g/mol. The van der Waals surface area contributed by atoms with Crippen LogP contribution in [0.3, 0.4) is 0 Å². The van der Waals surface area contributed by atoms with Crippen LogP contribution in [-0.2, 0) is 14.8 Å². The Balaban J connectivity index is 2.29. The van der Waals surface area contributed by atoms with E-state index in [4.69, 9.17) is 0 Å². The minimum absolute atomic E-state index is 0.00813. The quantitative estimate of drug-likeness (QED) is 0.559. The van der Waals surface area contributed by atoms with Crippen molar-refractivity contribution in [3.63, 3.8) is 0 Å². The second-order valence-electron chi connectivity index (χ2n) is 6.29. The lowest BCUT2D eigenvalue weighted by Gasteiger charge is -2.29. The first-order valence-electron chi connectivity index (χ1n) is 8.30. The zero-order valence-electron chi connectivity index (χ0n) is 15.5. The van der Waals surface area contributed by atoms with Crippen LogP contribution in [-0.4, -0.2) is 31.5 Å². The number of amides is 1. The molecule has 2 aromatic carbocycles. The van der Waals surface area contributed by atoms with Gasteiger partial charge in [0.2, 0.25) is 15.9 Å². The molecule has 150 valence electrons. The van der Waals surface area contributed by atoms with Crippen molar-refractivity contribution < 1.29 is 22.5 Å². The molecule has 8 nitrogen and oxygen atoms in total. The maximum atomic E-state index is 13.0. The SMILES string of the molecule is C[C@H](NC(=O)[C@@H](C)N(c1cccc([N+](=O)[O-])c1)S(C)(=O)=O)c1ccc(F)cc1. The number of sulfonamides is 1. The number of hydrogen-bond acceptors (Lipinski definition) is 5. The van der Waals surface area contributed by atoms with Gasteiger partial charge in [0.15, 0.2) is 0 Å². The molecule has 0 saturated carbocycles. The van der Waals surface area contributed by atoms with Gasteiger partial charge in [-0.3, -0.25) is 19.2 Å². The first-order chi connectivity index (χ1) is 13.0. The van der Waals surface area contributed by atoms with Crippen molar-refractivity contribution >= 4 is 27.3 Å². The van der Waals surface area contributed by atoms with E-state index in [1.807, 2.05) is 0 Å². The zero-order valence-corrected chi connectivity index (χ0v) is 16.3. The maximum Gasteiger partial charge on any atom is 0.271 e. The van der Waals surface area contributed by atoms with Crippen molar-refractivity contribution in [1.29, 1.82) is 0 Å². The van der Waals surface area contributed by atoms with Gasteiger partial charge in [-0.05, 0) is 37.6 Å². The van der Waals surface area contributed by atoms with Gasteiger partial charge in [-0.1, -0.05) is 18.2 Å². The molecular formula is C18H20FN3O5S. The number of nitro groups is 1. The van der Waals surface area contributed by atoms with E-state index in [1.54, 1.807) is 6.92 Å². The Labute approximate surface area is 162 Å². The van der Waals surface area contributed by atoms with Crippen molar-refractivity contribution in [3.8, 4) is 0 Å². The predicted molar refractivity (Wildman–Crippen MR) is 103 cm³/mol. The third-order valence-electron chi connectivity index (χ3n) is 4.11. The van der Waals surface area contributed by atoms with Crippen LogP contribution in [0.2, 0.25) is 0 Å². The molecule has 0 heterocycles. The zero-order chi connectivity index (χ0) is 21.1. The number of benzene rings is 2. The summed E-state index contributed by atoms with van der Waals surface area (Å²) >= 11 is 0. The lowest BCUT2D eigenvalue weighted by atomic mass is 10.1. The molecule has 0 saturated heterocycles. The second kappa shape index (κ2) is 8.34. The van der Waals surface area contributed by atoms with Gasteiger partial charge in [0.05, 0.1) is 22.9 Å². The molecule has 0 spiro atoms. The number of carbonyl (C=O) groups is 1. The van der Waals surface area contributed by atoms with Crippen molar-refractivity contribution in [2.24, 2.45) is 0 Å². The lowest BCUT2D eigenvalue weighted by Crippen LogP contribution is -2.48. The molecule has 0 radical (unpaired) electrons. The van der Waals surface area contributed by atoms with E-state index in [1.165, 1.54) is 49.4 Å². The molecule has 0 aliphatic heterocycles. The highest BCUT2D eigenvalue weighted by Gasteiger charge is 2.30. The van der Waals surface area contributed by atoms with Gasteiger partial charge in [-0.2, -0.15) is 0 Å². The Bertz CT molecular complexity index is 979. The van der Waals surface area contributed by atoms with Crippen LogP contribution in [0.4, 0.5) is 15.8 Å². The number of rotatable bonds is 7. The Morgan fingerprint density at radius 2 is 1.79 bits per heavy atom. The maximum absolute atomic E-state index is 13.0. The molecule has 2 aromatic rings. The summed E-state index contributed by atoms with van der Waals surface area (Å²) in [5, 5.41) is 13.7. The number of nitrogens with zero attached hydrogens (tertiary/aromatic N) is 2. The number of non-ortho nitro benzene ring substituents is 1. The highest BCUT2D eigenvalue weighted by Crippen LogP contribution is 2.25. The van der Waals surface area contributed by atoms with E-state index in [9.17, 15) is 27.7 Å². The fraction of sp³-hybridized carbons (Fsp3) is 0.278.